The zero-order valence-corrected chi connectivity index (χ0v) is 6.24. The average Bonchev–Trinajstić information content (AvgIpc) is 2.40. The maximum atomic E-state index is 12.2. The Morgan fingerprint density at radius 2 is 2.27 bits per heavy atom. The second-order valence-electron chi connectivity index (χ2n) is 2.30. The Kier molecular flexibility index (Phi) is 2.57. The first-order chi connectivity index (χ1) is 5.25. The van der Waals surface area contributed by atoms with Crippen LogP contribution < -0.4 is 0 Å². The van der Waals surface area contributed by atoms with Gasteiger partial charge in [0.05, 0.1) is 0 Å². The molecule has 0 radical (unpaired) electrons. The Labute approximate surface area is 63.8 Å². The minimum absolute atomic E-state index is 0.402. The Bertz CT molecular complexity index is 196. The number of alkyl halides is 2. The van der Waals surface area contributed by atoms with Gasteiger partial charge in [0, 0.05) is 12.4 Å². The Morgan fingerprint density at radius 1 is 1.55 bits per heavy atom. The van der Waals surface area contributed by atoms with E-state index in [-0.39, 0.29) is 0 Å². The highest BCUT2D eigenvalue weighted by molar-refractivity contribution is 4.81. The van der Waals surface area contributed by atoms with Crippen LogP contribution in [0, 0.1) is 0 Å². The third kappa shape index (κ3) is 1.76. The van der Waals surface area contributed by atoms with E-state index in [0.717, 1.165) is 0 Å². The van der Waals surface area contributed by atoms with E-state index in [1.165, 1.54) is 10.9 Å². The van der Waals surface area contributed by atoms with Gasteiger partial charge in [-0.25, -0.2) is 8.78 Å². The van der Waals surface area contributed by atoms with Gasteiger partial charge in [-0.3, -0.25) is 4.68 Å². The van der Waals surface area contributed by atoms with Gasteiger partial charge in [-0.05, 0) is 12.5 Å². The van der Waals surface area contributed by atoms with Crippen LogP contribution in [0.15, 0.2) is 18.5 Å². The lowest BCUT2D eigenvalue weighted by atomic mass is 10.2. The van der Waals surface area contributed by atoms with Crippen LogP contribution in [-0.2, 0) is 0 Å². The van der Waals surface area contributed by atoms with Crippen LogP contribution in [-0.4, -0.2) is 16.2 Å². The summed E-state index contributed by atoms with van der Waals surface area (Å²) >= 11 is 0. The molecule has 0 saturated carbocycles. The molecule has 2 nitrogen and oxygen atoms in total. The molecular formula is C7H10F2N2. The van der Waals surface area contributed by atoms with Crippen LogP contribution in [0.25, 0.3) is 0 Å². The summed E-state index contributed by atoms with van der Waals surface area (Å²) in [4.78, 5) is 0. The predicted octanol–water partition coefficient (Wildman–Crippen LogP) is 2.10. The van der Waals surface area contributed by atoms with Crippen LogP contribution in [0.5, 0.6) is 0 Å². The van der Waals surface area contributed by atoms with Gasteiger partial charge in [-0.1, -0.05) is 6.92 Å². The SMILES string of the molecule is CCC(C(F)F)n1cccn1. The largest absolute Gasteiger partial charge is 0.264 e. The van der Waals surface area contributed by atoms with Crippen molar-refractivity contribution in [1.82, 2.24) is 9.78 Å². The van der Waals surface area contributed by atoms with Crippen molar-refractivity contribution in [2.45, 2.75) is 25.8 Å². The van der Waals surface area contributed by atoms with Crippen LogP contribution in [0.3, 0.4) is 0 Å². The highest BCUT2D eigenvalue weighted by atomic mass is 19.3. The average molecular weight is 160 g/mol. The molecule has 0 aliphatic carbocycles. The van der Waals surface area contributed by atoms with Crippen molar-refractivity contribution in [3.05, 3.63) is 18.5 Å². The van der Waals surface area contributed by atoms with Gasteiger partial charge < -0.3 is 0 Å². The molecule has 0 aromatic carbocycles. The molecule has 0 N–H and O–H groups in total. The van der Waals surface area contributed by atoms with E-state index in [1.54, 1.807) is 19.2 Å². The molecule has 1 rings (SSSR count). The lowest BCUT2D eigenvalue weighted by molar-refractivity contribution is 0.0743. The van der Waals surface area contributed by atoms with Gasteiger partial charge in [-0.2, -0.15) is 5.10 Å². The topological polar surface area (TPSA) is 17.8 Å². The number of halogens is 2. The van der Waals surface area contributed by atoms with Crippen molar-refractivity contribution in [2.24, 2.45) is 0 Å². The molecule has 0 amide bonds. The summed E-state index contributed by atoms with van der Waals surface area (Å²) in [5.74, 6) is 0. The van der Waals surface area contributed by atoms with E-state index in [2.05, 4.69) is 5.10 Å². The van der Waals surface area contributed by atoms with Gasteiger partial charge >= 0.3 is 0 Å². The molecular weight excluding hydrogens is 150 g/mol. The van der Waals surface area contributed by atoms with Gasteiger partial charge in [0.25, 0.3) is 6.43 Å². The van der Waals surface area contributed by atoms with Gasteiger partial charge in [0.1, 0.15) is 6.04 Å². The van der Waals surface area contributed by atoms with E-state index in [1.807, 2.05) is 0 Å². The zero-order valence-electron chi connectivity index (χ0n) is 6.24. The van der Waals surface area contributed by atoms with E-state index >= 15 is 0 Å². The number of hydrogen-bond donors (Lipinski definition) is 0. The first-order valence-corrected chi connectivity index (χ1v) is 3.53. The van der Waals surface area contributed by atoms with Crippen molar-refractivity contribution >= 4 is 0 Å². The molecule has 0 spiro atoms. The van der Waals surface area contributed by atoms with Crippen molar-refractivity contribution in [1.29, 1.82) is 0 Å². The summed E-state index contributed by atoms with van der Waals surface area (Å²) in [5.41, 5.74) is 0. The molecule has 0 saturated heterocycles. The van der Waals surface area contributed by atoms with Gasteiger partial charge in [0.15, 0.2) is 0 Å². The molecule has 0 aliphatic rings. The molecule has 0 bridgehead atoms. The number of rotatable bonds is 3. The minimum atomic E-state index is -2.33. The Morgan fingerprint density at radius 3 is 2.64 bits per heavy atom. The van der Waals surface area contributed by atoms with E-state index in [0.29, 0.717) is 6.42 Å². The smallest absolute Gasteiger partial charge is 0.260 e. The molecule has 11 heavy (non-hydrogen) atoms. The summed E-state index contributed by atoms with van der Waals surface area (Å²) < 4.78 is 25.7. The fraction of sp³-hybridized carbons (Fsp3) is 0.571. The number of nitrogens with zero attached hydrogens (tertiary/aromatic N) is 2. The monoisotopic (exact) mass is 160 g/mol. The molecule has 62 valence electrons. The molecule has 0 aliphatic heterocycles. The quantitative estimate of drug-likeness (QED) is 0.662. The van der Waals surface area contributed by atoms with Crippen molar-refractivity contribution in [2.75, 3.05) is 0 Å². The second-order valence-corrected chi connectivity index (χ2v) is 2.30. The van der Waals surface area contributed by atoms with Crippen LogP contribution >= 0.6 is 0 Å². The van der Waals surface area contributed by atoms with Gasteiger partial charge in [-0.15, -0.1) is 0 Å². The van der Waals surface area contributed by atoms with Crippen molar-refractivity contribution < 1.29 is 8.78 Å². The third-order valence-electron chi connectivity index (χ3n) is 1.57. The first kappa shape index (κ1) is 8.17. The fourth-order valence-electron chi connectivity index (χ4n) is 0.957. The van der Waals surface area contributed by atoms with Crippen LogP contribution in [0.4, 0.5) is 8.78 Å². The maximum Gasteiger partial charge on any atom is 0.260 e. The van der Waals surface area contributed by atoms with Crippen molar-refractivity contribution in [3.8, 4) is 0 Å². The maximum absolute atomic E-state index is 12.2. The van der Waals surface area contributed by atoms with Crippen molar-refractivity contribution in [3.63, 3.8) is 0 Å². The molecule has 1 heterocycles. The highest BCUT2D eigenvalue weighted by Crippen LogP contribution is 2.18. The molecule has 1 atom stereocenters. The Hall–Kier alpha value is -0.930. The molecule has 1 aromatic heterocycles. The third-order valence-corrected chi connectivity index (χ3v) is 1.57. The van der Waals surface area contributed by atoms with E-state index in [9.17, 15) is 8.78 Å². The second kappa shape index (κ2) is 3.46. The minimum Gasteiger partial charge on any atom is -0.264 e. The summed E-state index contributed by atoms with van der Waals surface area (Å²) in [6.45, 7) is 1.72. The molecule has 1 aromatic rings. The predicted molar refractivity (Wildman–Crippen MR) is 37.6 cm³/mol. The highest BCUT2D eigenvalue weighted by Gasteiger charge is 2.19. The number of hydrogen-bond acceptors (Lipinski definition) is 1. The fourth-order valence-corrected chi connectivity index (χ4v) is 0.957. The molecule has 1 unspecified atom stereocenters. The van der Waals surface area contributed by atoms with Crippen LogP contribution in [0.2, 0.25) is 0 Å². The summed E-state index contributed by atoms with van der Waals surface area (Å²) in [5, 5.41) is 3.75. The van der Waals surface area contributed by atoms with Gasteiger partial charge in [0.2, 0.25) is 0 Å². The standard InChI is InChI=1S/C7H10F2N2/c1-2-6(7(8)9)11-5-3-4-10-11/h3-7H,2H2,1H3. The lowest BCUT2D eigenvalue weighted by Crippen LogP contribution is -2.16. The molecule has 0 fully saturated rings. The van der Waals surface area contributed by atoms with E-state index in [4.69, 9.17) is 0 Å². The van der Waals surface area contributed by atoms with E-state index < -0.39 is 12.5 Å². The number of aromatic nitrogens is 2. The summed E-state index contributed by atoms with van der Waals surface area (Å²) in [6.07, 6.45) is 1.13. The van der Waals surface area contributed by atoms with Crippen LogP contribution in [0.1, 0.15) is 19.4 Å². The normalized spacial score (nSPS) is 13.8. The lowest BCUT2D eigenvalue weighted by Gasteiger charge is -2.13. The zero-order chi connectivity index (χ0) is 8.27. The summed E-state index contributed by atoms with van der Waals surface area (Å²) in [7, 11) is 0. The first-order valence-electron chi connectivity index (χ1n) is 3.53. The Balaban J connectivity index is 2.71. The summed E-state index contributed by atoms with van der Waals surface area (Å²) in [6, 6.07) is 0.871. The molecule has 4 heteroatoms.